The fourth-order valence-corrected chi connectivity index (χ4v) is 3.04. The highest BCUT2D eigenvalue weighted by Crippen LogP contribution is 2.29. The van der Waals surface area contributed by atoms with E-state index < -0.39 is 0 Å². The molecule has 1 aliphatic rings. The summed E-state index contributed by atoms with van der Waals surface area (Å²) in [7, 11) is 2.30. The minimum absolute atomic E-state index is 0.375. The standard InChI is InChI=1S/C16H34N2/c1-7-11-17-15-10-8-9-14(15)12-18(6)13(2)16(3,4)5/h13-15,17H,7-12H2,1-6H3. The molecule has 0 aromatic carbocycles. The summed E-state index contributed by atoms with van der Waals surface area (Å²) < 4.78 is 0. The number of rotatable bonds is 6. The van der Waals surface area contributed by atoms with Crippen molar-refractivity contribution in [3.05, 3.63) is 0 Å². The molecule has 18 heavy (non-hydrogen) atoms. The quantitative estimate of drug-likeness (QED) is 0.780. The number of nitrogens with zero attached hydrogens (tertiary/aromatic N) is 1. The minimum Gasteiger partial charge on any atom is -0.314 e. The van der Waals surface area contributed by atoms with E-state index >= 15 is 0 Å². The van der Waals surface area contributed by atoms with E-state index in [0.717, 1.165) is 12.0 Å². The van der Waals surface area contributed by atoms with Crippen LogP contribution in [0.5, 0.6) is 0 Å². The molecule has 0 spiro atoms. The molecule has 3 atom stereocenters. The SMILES string of the molecule is CCCNC1CCCC1CN(C)C(C)C(C)(C)C. The van der Waals surface area contributed by atoms with Crippen molar-refractivity contribution in [3.63, 3.8) is 0 Å². The molecule has 0 saturated heterocycles. The van der Waals surface area contributed by atoms with Crippen LogP contribution in [0.4, 0.5) is 0 Å². The first-order valence-corrected chi connectivity index (χ1v) is 7.80. The van der Waals surface area contributed by atoms with Crippen molar-refractivity contribution in [2.45, 2.75) is 72.4 Å². The van der Waals surface area contributed by atoms with E-state index in [1.807, 2.05) is 0 Å². The first-order chi connectivity index (χ1) is 8.36. The highest BCUT2D eigenvalue weighted by molar-refractivity contribution is 4.87. The summed E-state index contributed by atoms with van der Waals surface area (Å²) in [4.78, 5) is 2.57. The Bertz CT molecular complexity index is 232. The fourth-order valence-electron chi connectivity index (χ4n) is 3.04. The van der Waals surface area contributed by atoms with Gasteiger partial charge in [-0.2, -0.15) is 0 Å². The maximum Gasteiger partial charge on any atom is 0.0112 e. The third kappa shape index (κ3) is 4.55. The average molecular weight is 254 g/mol. The lowest BCUT2D eigenvalue weighted by Crippen LogP contribution is -2.45. The van der Waals surface area contributed by atoms with Gasteiger partial charge < -0.3 is 10.2 Å². The summed E-state index contributed by atoms with van der Waals surface area (Å²) >= 11 is 0. The van der Waals surface area contributed by atoms with Crippen molar-refractivity contribution in [1.82, 2.24) is 10.2 Å². The van der Waals surface area contributed by atoms with E-state index in [9.17, 15) is 0 Å². The van der Waals surface area contributed by atoms with Crippen LogP contribution in [-0.2, 0) is 0 Å². The van der Waals surface area contributed by atoms with Gasteiger partial charge in [-0.25, -0.2) is 0 Å². The van der Waals surface area contributed by atoms with Gasteiger partial charge >= 0.3 is 0 Å². The summed E-state index contributed by atoms with van der Waals surface area (Å²) in [6, 6.07) is 1.41. The third-order valence-corrected chi connectivity index (χ3v) is 4.75. The van der Waals surface area contributed by atoms with Crippen LogP contribution in [0.15, 0.2) is 0 Å². The second-order valence-corrected chi connectivity index (χ2v) is 7.23. The molecule has 1 fully saturated rings. The van der Waals surface area contributed by atoms with E-state index in [-0.39, 0.29) is 0 Å². The normalized spacial score (nSPS) is 26.8. The van der Waals surface area contributed by atoms with Gasteiger partial charge in [0.25, 0.3) is 0 Å². The number of hydrogen-bond donors (Lipinski definition) is 1. The Morgan fingerprint density at radius 2 is 1.94 bits per heavy atom. The molecule has 0 heterocycles. The van der Waals surface area contributed by atoms with Crippen molar-refractivity contribution in [3.8, 4) is 0 Å². The van der Waals surface area contributed by atoms with Gasteiger partial charge in [-0.3, -0.25) is 0 Å². The Labute approximate surface area is 115 Å². The van der Waals surface area contributed by atoms with E-state index in [1.165, 1.54) is 38.8 Å². The lowest BCUT2D eigenvalue weighted by atomic mass is 9.86. The van der Waals surface area contributed by atoms with Gasteiger partial charge in [0.15, 0.2) is 0 Å². The molecule has 2 heteroatoms. The lowest BCUT2D eigenvalue weighted by molar-refractivity contribution is 0.117. The van der Waals surface area contributed by atoms with Crippen LogP contribution in [0, 0.1) is 11.3 Å². The van der Waals surface area contributed by atoms with Gasteiger partial charge in [0.2, 0.25) is 0 Å². The van der Waals surface area contributed by atoms with Crippen LogP contribution < -0.4 is 5.32 Å². The zero-order chi connectivity index (χ0) is 13.8. The first-order valence-electron chi connectivity index (χ1n) is 7.80. The third-order valence-electron chi connectivity index (χ3n) is 4.75. The van der Waals surface area contributed by atoms with Gasteiger partial charge in [0, 0.05) is 18.6 Å². The van der Waals surface area contributed by atoms with Crippen LogP contribution in [0.3, 0.4) is 0 Å². The number of nitrogens with one attached hydrogen (secondary N) is 1. The van der Waals surface area contributed by atoms with Gasteiger partial charge in [-0.1, -0.05) is 34.1 Å². The molecule has 2 nitrogen and oxygen atoms in total. The zero-order valence-electron chi connectivity index (χ0n) is 13.4. The lowest BCUT2D eigenvalue weighted by Gasteiger charge is -2.37. The summed E-state index contributed by atoms with van der Waals surface area (Å²) in [5.74, 6) is 0.853. The monoisotopic (exact) mass is 254 g/mol. The zero-order valence-corrected chi connectivity index (χ0v) is 13.4. The van der Waals surface area contributed by atoms with Gasteiger partial charge in [0.05, 0.1) is 0 Å². The Hall–Kier alpha value is -0.0800. The molecule has 1 N–H and O–H groups in total. The van der Waals surface area contributed by atoms with Crippen LogP contribution >= 0.6 is 0 Å². The molecule has 0 bridgehead atoms. The van der Waals surface area contributed by atoms with E-state index in [2.05, 4.69) is 51.9 Å². The Morgan fingerprint density at radius 3 is 2.50 bits per heavy atom. The highest BCUT2D eigenvalue weighted by atomic mass is 15.1. The molecule has 0 aromatic rings. The molecule has 0 aromatic heterocycles. The van der Waals surface area contributed by atoms with Crippen molar-refractivity contribution < 1.29 is 0 Å². The Kier molecular flexibility index (Phi) is 6.13. The summed E-state index contributed by atoms with van der Waals surface area (Å²) in [5.41, 5.74) is 0.375. The molecule has 0 amide bonds. The van der Waals surface area contributed by atoms with Crippen molar-refractivity contribution in [1.29, 1.82) is 0 Å². The molecule has 1 saturated carbocycles. The molecule has 0 aliphatic heterocycles. The van der Waals surface area contributed by atoms with Crippen molar-refractivity contribution in [2.75, 3.05) is 20.1 Å². The predicted octanol–water partition coefficient (Wildman–Crippen LogP) is 3.52. The molecule has 1 rings (SSSR count). The Morgan fingerprint density at radius 1 is 1.28 bits per heavy atom. The summed E-state index contributed by atoms with van der Waals surface area (Å²) in [5, 5.41) is 3.74. The smallest absolute Gasteiger partial charge is 0.0112 e. The largest absolute Gasteiger partial charge is 0.314 e. The summed E-state index contributed by atoms with van der Waals surface area (Å²) in [6.45, 7) is 14.1. The first kappa shape index (κ1) is 16.0. The van der Waals surface area contributed by atoms with Gasteiger partial charge in [-0.15, -0.1) is 0 Å². The molecule has 108 valence electrons. The van der Waals surface area contributed by atoms with E-state index in [0.29, 0.717) is 11.5 Å². The predicted molar refractivity (Wildman–Crippen MR) is 81.0 cm³/mol. The fraction of sp³-hybridized carbons (Fsp3) is 1.00. The maximum absolute atomic E-state index is 3.74. The molecule has 0 radical (unpaired) electrons. The van der Waals surface area contributed by atoms with Crippen molar-refractivity contribution >= 4 is 0 Å². The molecule has 1 aliphatic carbocycles. The average Bonchev–Trinajstić information content (AvgIpc) is 2.71. The molecule has 3 unspecified atom stereocenters. The molecular formula is C16H34N2. The van der Waals surface area contributed by atoms with Gasteiger partial charge in [-0.05, 0) is 51.1 Å². The molecular weight excluding hydrogens is 220 g/mol. The van der Waals surface area contributed by atoms with Crippen LogP contribution in [-0.4, -0.2) is 37.1 Å². The Balaban J connectivity index is 2.45. The van der Waals surface area contributed by atoms with E-state index in [1.54, 1.807) is 0 Å². The minimum atomic E-state index is 0.375. The topological polar surface area (TPSA) is 15.3 Å². The van der Waals surface area contributed by atoms with Gasteiger partial charge in [0.1, 0.15) is 0 Å². The van der Waals surface area contributed by atoms with Crippen LogP contribution in [0.25, 0.3) is 0 Å². The summed E-state index contributed by atoms with van der Waals surface area (Å²) in [6.07, 6.45) is 5.44. The van der Waals surface area contributed by atoms with Crippen LogP contribution in [0.1, 0.15) is 60.3 Å². The van der Waals surface area contributed by atoms with E-state index in [4.69, 9.17) is 0 Å². The second-order valence-electron chi connectivity index (χ2n) is 7.23. The van der Waals surface area contributed by atoms with Crippen LogP contribution in [0.2, 0.25) is 0 Å². The maximum atomic E-state index is 3.74. The number of hydrogen-bond acceptors (Lipinski definition) is 2. The highest BCUT2D eigenvalue weighted by Gasteiger charge is 2.31. The van der Waals surface area contributed by atoms with Crippen molar-refractivity contribution in [2.24, 2.45) is 11.3 Å². The second kappa shape index (κ2) is 6.91.